The molecule has 0 aliphatic carbocycles. The van der Waals surface area contributed by atoms with E-state index in [0.29, 0.717) is 13.0 Å². The Hall–Kier alpha value is -0.610. The lowest BCUT2D eigenvalue weighted by Crippen LogP contribution is -2.48. The molecule has 13 heavy (non-hydrogen) atoms. The first-order valence-electron chi connectivity index (χ1n) is 4.71. The van der Waals surface area contributed by atoms with Gasteiger partial charge < -0.3 is 15.8 Å². The van der Waals surface area contributed by atoms with Gasteiger partial charge in [-0.1, -0.05) is 6.92 Å². The van der Waals surface area contributed by atoms with Crippen molar-refractivity contribution in [3.05, 3.63) is 0 Å². The molecule has 1 amide bonds. The van der Waals surface area contributed by atoms with Crippen molar-refractivity contribution in [3.63, 3.8) is 0 Å². The maximum Gasteiger partial charge on any atom is 0.220 e. The summed E-state index contributed by atoms with van der Waals surface area (Å²) < 4.78 is 5.08. The molecule has 1 heterocycles. The van der Waals surface area contributed by atoms with Crippen molar-refractivity contribution in [1.82, 2.24) is 5.32 Å². The third-order valence-corrected chi connectivity index (χ3v) is 2.22. The van der Waals surface area contributed by atoms with Crippen molar-refractivity contribution < 1.29 is 9.53 Å². The minimum absolute atomic E-state index is 0.0959. The molecule has 1 saturated heterocycles. The molecule has 1 rings (SSSR count). The zero-order valence-electron chi connectivity index (χ0n) is 8.14. The largest absolute Gasteiger partial charge is 0.380 e. The number of hydrogen-bond donors (Lipinski definition) is 2. The summed E-state index contributed by atoms with van der Waals surface area (Å²) in [4.78, 5) is 11.2. The smallest absolute Gasteiger partial charge is 0.220 e. The molecular weight excluding hydrogens is 168 g/mol. The van der Waals surface area contributed by atoms with Gasteiger partial charge >= 0.3 is 0 Å². The highest BCUT2D eigenvalue weighted by molar-refractivity contribution is 5.75. The minimum atomic E-state index is 0.0959. The molecular formula is C9H18N2O2. The summed E-state index contributed by atoms with van der Waals surface area (Å²) in [6.45, 7) is 4.91. The van der Waals surface area contributed by atoms with Crippen LogP contribution in [-0.4, -0.2) is 32.2 Å². The molecule has 0 unspecified atom stereocenters. The Morgan fingerprint density at radius 3 is 2.77 bits per heavy atom. The Bertz CT molecular complexity index is 178. The van der Waals surface area contributed by atoms with E-state index < -0.39 is 0 Å². The van der Waals surface area contributed by atoms with Crippen LogP contribution in [0.5, 0.6) is 0 Å². The molecule has 1 fully saturated rings. The number of carbonyl (C=O) groups is 1. The monoisotopic (exact) mass is 186 g/mol. The van der Waals surface area contributed by atoms with Gasteiger partial charge in [-0.15, -0.1) is 0 Å². The first-order chi connectivity index (χ1) is 6.16. The molecule has 0 saturated carbocycles. The van der Waals surface area contributed by atoms with E-state index in [1.165, 1.54) is 0 Å². The number of nitrogens with one attached hydrogen (secondary N) is 1. The van der Waals surface area contributed by atoms with E-state index in [1.54, 1.807) is 0 Å². The Labute approximate surface area is 78.8 Å². The third kappa shape index (κ3) is 3.32. The van der Waals surface area contributed by atoms with Crippen molar-refractivity contribution in [3.8, 4) is 0 Å². The molecule has 1 aliphatic rings. The summed E-state index contributed by atoms with van der Waals surface area (Å²) in [5.74, 6) is 0.0959. The van der Waals surface area contributed by atoms with Crippen molar-refractivity contribution in [2.75, 3.05) is 26.3 Å². The van der Waals surface area contributed by atoms with Gasteiger partial charge in [0.25, 0.3) is 0 Å². The second-order valence-corrected chi connectivity index (χ2v) is 3.97. The maximum atomic E-state index is 11.2. The van der Waals surface area contributed by atoms with E-state index in [4.69, 9.17) is 10.5 Å². The van der Waals surface area contributed by atoms with E-state index in [2.05, 4.69) is 12.2 Å². The summed E-state index contributed by atoms with van der Waals surface area (Å²) >= 11 is 0. The third-order valence-electron chi connectivity index (χ3n) is 2.22. The van der Waals surface area contributed by atoms with Crippen LogP contribution in [0.25, 0.3) is 0 Å². The van der Waals surface area contributed by atoms with Crippen molar-refractivity contribution in [1.29, 1.82) is 0 Å². The number of rotatable bonds is 5. The maximum absolute atomic E-state index is 11.2. The summed E-state index contributed by atoms with van der Waals surface area (Å²) in [5, 5.41) is 2.89. The molecule has 0 aromatic rings. The lowest BCUT2D eigenvalue weighted by Gasteiger charge is -2.38. The normalized spacial score (nSPS) is 19.2. The highest BCUT2D eigenvalue weighted by Crippen LogP contribution is 2.24. The lowest BCUT2D eigenvalue weighted by molar-refractivity contribution is -0.126. The van der Waals surface area contributed by atoms with Crippen molar-refractivity contribution >= 4 is 5.91 Å². The standard InChI is InChI=1S/C9H18N2O2/c1-9(6-13-7-9)5-11-8(12)3-2-4-10/h2-7,10H2,1H3,(H,11,12). The summed E-state index contributed by atoms with van der Waals surface area (Å²) in [7, 11) is 0. The summed E-state index contributed by atoms with van der Waals surface area (Å²) in [5.41, 5.74) is 5.46. The lowest BCUT2D eigenvalue weighted by atomic mass is 9.89. The SMILES string of the molecule is CC1(CNC(=O)CCCN)COC1. The second-order valence-electron chi connectivity index (χ2n) is 3.97. The predicted octanol–water partition coefficient (Wildman–Crippen LogP) is -0.122. The molecule has 0 aromatic heterocycles. The predicted molar refractivity (Wildman–Crippen MR) is 50.2 cm³/mol. The molecule has 0 aromatic carbocycles. The Kier molecular flexibility index (Phi) is 3.69. The minimum Gasteiger partial charge on any atom is -0.380 e. The van der Waals surface area contributed by atoms with E-state index >= 15 is 0 Å². The van der Waals surface area contributed by atoms with Gasteiger partial charge in [0.2, 0.25) is 5.91 Å². The van der Waals surface area contributed by atoms with Gasteiger partial charge in [-0.05, 0) is 13.0 Å². The van der Waals surface area contributed by atoms with Gasteiger partial charge in [0, 0.05) is 18.4 Å². The highest BCUT2D eigenvalue weighted by atomic mass is 16.5. The molecule has 0 atom stereocenters. The van der Waals surface area contributed by atoms with Crippen LogP contribution in [0.15, 0.2) is 0 Å². The van der Waals surface area contributed by atoms with Crippen LogP contribution in [0.2, 0.25) is 0 Å². The molecule has 4 heteroatoms. The van der Waals surface area contributed by atoms with Gasteiger partial charge in [0.1, 0.15) is 0 Å². The fraction of sp³-hybridized carbons (Fsp3) is 0.889. The van der Waals surface area contributed by atoms with E-state index in [9.17, 15) is 4.79 Å². The molecule has 76 valence electrons. The van der Waals surface area contributed by atoms with E-state index in [0.717, 1.165) is 26.2 Å². The molecule has 3 N–H and O–H groups in total. The van der Waals surface area contributed by atoms with Crippen LogP contribution in [0.3, 0.4) is 0 Å². The Morgan fingerprint density at radius 1 is 1.62 bits per heavy atom. The number of hydrogen-bond acceptors (Lipinski definition) is 3. The summed E-state index contributed by atoms with van der Waals surface area (Å²) in [6, 6.07) is 0. The van der Waals surface area contributed by atoms with E-state index in [1.807, 2.05) is 0 Å². The van der Waals surface area contributed by atoms with Gasteiger partial charge in [-0.25, -0.2) is 0 Å². The highest BCUT2D eigenvalue weighted by Gasteiger charge is 2.33. The molecule has 0 spiro atoms. The number of carbonyl (C=O) groups excluding carboxylic acids is 1. The molecule has 0 bridgehead atoms. The van der Waals surface area contributed by atoms with Crippen LogP contribution in [0.4, 0.5) is 0 Å². The van der Waals surface area contributed by atoms with Crippen LogP contribution in [0, 0.1) is 5.41 Å². The molecule has 0 radical (unpaired) electrons. The average molecular weight is 186 g/mol. The fourth-order valence-corrected chi connectivity index (χ4v) is 1.22. The van der Waals surface area contributed by atoms with Gasteiger partial charge in [0.05, 0.1) is 13.2 Å². The Morgan fingerprint density at radius 2 is 2.31 bits per heavy atom. The second kappa shape index (κ2) is 4.58. The fourth-order valence-electron chi connectivity index (χ4n) is 1.22. The molecule has 4 nitrogen and oxygen atoms in total. The van der Waals surface area contributed by atoms with Gasteiger partial charge in [0.15, 0.2) is 0 Å². The summed E-state index contributed by atoms with van der Waals surface area (Å²) in [6.07, 6.45) is 1.30. The number of ether oxygens (including phenoxy) is 1. The van der Waals surface area contributed by atoms with Crippen LogP contribution in [0.1, 0.15) is 19.8 Å². The average Bonchev–Trinajstić information content (AvgIpc) is 2.08. The van der Waals surface area contributed by atoms with Crippen molar-refractivity contribution in [2.24, 2.45) is 11.1 Å². The van der Waals surface area contributed by atoms with Gasteiger partial charge in [-0.3, -0.25) is 4.79 Å². The quantitative estimate of drug-likeness (QED) is 0.629. The van der Waals surface area contributed by atoms with Crippen molar-refractivity contribution in [2.45, 2.75) is 19.8 Å². The zero-order valence-corrected chi connectivity index (χ0v) is 8.14. The van der Waals surface area contributed by atoms with Crippen LogP contribution in [-0.2, 0) is 9.53 Å². The first-order valence-corrected chi connectivity index (χ1v) is 4.71. The zero-order chi connectivity index (χ0) is 9.73. The van der Waals surface area contributed by atoms with Crippen LogP contribution < -0.4 is 11.1 Å². The molecule has 1 aliphatic heterocycles. The first kappa shape index (κ1) is 10.5. The van der Waals surface area contributed by atoms with E-state index in [-0.39, 0.29) is 11.3 Å². The van der Waals surface area contributed by atoms with Gasteiger partial charge in [-0.2, -0.15) is 0 Å². The number of amides is 1. The topological polar surface area (TPSA) is 64.4 Å². The Balaban J connectivity index is 2.07. The number of nitrogens with two attached hydrogens (primary N) is 1. The van der Waals surface area contributed by atoms with Crippen LogP contribution >= 0.6 is 0 Å².